The molecular formula is C26H19BrFNO. The molecule has 0 bridgehead atoms. The molecule has 1 atom stereocenters. The van der Waals surface area contributed by atoms with Crippen LogP contribution in [0.5, 0.6) is 0 Å². The van der Waals surface area contributed by atoms with Gasteiger partial charge in [0.2, 0.25) is 5.91 Å². The highest BCUT2D eigenvalue weighted by Gasteiger charge is 2.35. The third kappa shape index (κ3) is 3.31. The van der Waals surface area contributed by atoms with Crippen LogP contribution in [0.1, 0.15) is 29.0 Å². The van der Waals surface area contributed by atoms with Crippen LogP contribution in [0.15, 0.2) is 89.4 Å². The number of carbonyl (C=O) groups is 1. The molecule has 2 nitrogen and oxygen atoms in total. The van der Waals surface area contributed by atoms with Crippen LogP contribution in [0.25, 0.3) is 10.8 Å². The Labute approximate surface area is 183 Å². The van der Waals surface area contributed by atoms with Crippen LogP contribution < -0.4 is 4.90 Å². The molecule has 5 rings (SSSR count). The smallest absolute Gasteiger partial charge is 0.228 e. The van der Waals surface area contributed by atoms with Crippen molar-refractivity contribution in [1.29, 1.82) is 0 Å². The van der Waals surface area contributed by atoms with Crippen LogP contribution in [-0.4, -0.2) is 5.91 Å². The van der Waals surface area contributed by atoms with Crippen molar-refractivity contribution in [2.75, 3.05) is 4.90 Å². The summed E-state index contributed by atoms with van der Waals surface area (Å²) >= 11 is 3.46. The van der Waals surface area contributed by atoms with Gasteiger partial charge in [0.15, 0.2) is 0 Å². The van der Waals surface area contributed by atoms with Gasteiger partial charge in [-0.25, -0.2) is 4.39 Å². The van der Waals surface area contributed by atoms with Gasteiger partial charge in [-0.3, -0.25) is 4.79 Å². The summed E-state index contributed by atoms with van der Waals surface area (Å²) in [6, 6.07) is 27.1. The van der Waals surface area contributed by atoms with Crippen LogP contribution >= 0.6 is 15.9 Å². The Bertz CT molecular complexity index is 1250. The summed E-state index contributed by atoms with van der Waals surface area (Å²) < 4.78 is 15.7. The van der Waals surface area contributed by atoms with E-state index in [2.05, 4.69) is 28.1 Å². The standard InChI is InChI=1S/C26H19BrFNO/c27-19-11-12-23(28)21(14-19)22-15-25(30)29(16-17-6-2-1-3-7-17)24-13-10-18-8-4-5-9-20(18)26(22)24/h1-14,22H,15-16H2. The highest BCUT2D eigenvalue weighted by molar-refractivity contribution is 9.10. The van der Waals surface area contributed by atoms with Crippen molar-refractivity contribution in [1.82, 2.24) is 0 Å². The second kappa shape index (κ2) is 7.69. The minimum atomic E-state index is -0.330. The number of benzene rings is 4. The van der Waals surface area contributed by atoms with Gasteiger partial charge < -0.3 is 4.90 Å². The Balaban J connectivity index is 1.72. The lowest BCUT2D eigenvalue weighted by molar-refractivity contribution is -0.119. The Kier molecular flexibility index (Phi) is 4.87. The van der Waals surface area contributed by atoms with Crippen molar-refractivity contribution in [3.05, 3.63) is 112 Å². The van der Waals surface area contributed by atoms with Crippen molar-refractivity contribution in [2.24, 2.45) is 0 Å². The van der Waals surface area contributed by atoms with Crippen LogP contribution in [0.3, 0.4) is 0 Å². The fourth-order valence-electron chi connectivity index (χ4n) is 4.39. The SMILES string of the molecule is O=C1CC(c2cc(Br)ccc2F)c2c(ccc3ccccc23)N1Cc1ccccc1. The number of amides is 1. The summed E-state index contributed by atoms with van der Waals surface area (Å²) in [5.41, 5.74) is 3.49. The summed E-state index contributed by atoms with van der Waals surface area (Å²) in [4.78, 5) is 15.1. The molecule has 0 aliphatic carbocycles. The molecular weight excluding hydrogens is 441 g/mol. The number of nitrogens with zero attached hydrogens (tertiary/aromatic N) is 1. The molecule has 1 aliphatic heterocycles. The van der Waals surface area contributed by atoms with Gasteiger partial charge in [0, 0.05) is 22.5 Å². The zero-order valence-corrected chi connectivity index (χ0v) is 17.8. The molecule has 1 amide bonds. The Morgan fingerprint density at radius 3 is 2.53 bits per heavy atom. The Morgan fingerprint density at radius 1 is 0.933 bits per heavy atom. The van der Waals surface area contributed by atoms with E-state index in [-0.39, 0.29) is 24.1 Å². The molecule has 1 unspecified atom stereocenters. The summed E-state index contributed by atoms with van der Waals surface area (Å²) in [5.74, 6) is -0.611. The number of fused-ring (bicyclic) bond motifs is 3. The topological polar surface area (TPSA) is 20.3 Å². The molecule has 0 fully saturated rings. The summed E-state index contributed by atoms with van der Waals surface area (Å²) in [7, 11) is 0. The first kappa shape index (κ1) is 19.0. The maximum absolute atomic E-state index is 14.9. The normalized spacial score (nSPS) is 16.0. The van der Waals surface area contributed by atoms with Crippen LogP contribution in [0, 0.1) is 5.82 Å². The van der Waals surface area contributed by atoms with Crippen molar-refractivity contribution >= 4 is 38.3 Å². The summed E-state index contributed by atoms with van der Waals surface area (Å²) in [5, 5.41) is 2.15. The second-order valence-electron chi connectivity index (χ2n) is 7.61. The summed E-state index contributed by atoms with van der Waals surface area (Å²) in [6.45, 7) is 0.499. The van der Waals surface area contributed by atoms with E-state index < -0.39 is 0 Å². The van der Waals surface area contributed by atoms with E-state index in [1.54, 1.807) is 12.1 Å². The summed E-state index contributed by atoms with van der Waals surface area (Å²) in [6.07, 6.45) is 0.237. The molecule has 0 spiro atoms. The first-order chi connectivity index (χ1) is 14.6. The number of rotatable bonds is 3. The molecule has 148 valence electrons. The zero-order chi connectivity index (χ0) is 20.7. The van der Waals surface area contributed by atoms with Crippen molar-refractivity contribution in [3.63, 3.8) is 0 Å². The van der Waals surface area contributed by atoms with Crippen LogP contribution in [0.4, 0.5) is 10.1 Å². The van der Waals surface area contributed by atoms with Crippen LogP contribution in [0.2, 0.25) is 0 Å². The monoisotopic (exact) mass is 459 g/mol. The molecule has 4 aromatic rings. The maximum atomic E-state index is 14.9. The minimum absolute atomic E-state index is 0.00556. The van der Waals surface area contributed by atoms with Crippen molar-refractivity contribution < 1.29 is 9.18 Å². The van der Waals surface area contributed by atoms with Crippen LogP contribution in [-0.2, 0) is 11.3 Å². The molecule has 1 aliphatic rings. The van der Waals surface area contributed by atoms with Gasteiger partial charge in [-0.2, -0.15) is 0 Å². The zero-order valence-electron chi connectivity index (χ0n) is 16.2. The van der Waals surface area contributed by atoms with Gasteiger partial charge in [0.1, 0.15) is 5.82 Å². The third-order valence-electron chi connectivity index (χ3n) is 5.78. The van der Waals surface area contributed by atoms with E-state index in [1.807, 2.05) is 59.5 Å². The fraction of sp³-hybridized carbons (Fsp3) is 0.115. The first-order valence-electron chi connectivity index (χ1n) is 9.92. The number of hydrogen-bond donors (Lipinski definition) is 0. The third-order valence-corrected chi connectivity index (χ3v) is 6.28. The molecule has 0 radical (unpaired) electrons. The molecule has 0 aromatic heterocycles. The Hall–Kier alpha value is -2.98. The van der Waals surface area contributed by atoms with E-state index in [0.717, 1.165) is 32.1 Å². The second-order valence-corrected chi connectivity index (χ2v) is 8.52. The lowest BCUT2D eigenvalue weighted by Gasteiger charge is -2.35. The Morgan fingerprint density at radius 2 is 1.70 bits per heavy atom. The molecule has 0 saturated carbocycles. The average molecular weight is 460 g/mol. The number of hydrogen-bond acceptors (Lipinski definition) is 1. The van der Waals surface area contributed by atoms with E-state index >= 15 is 0 Å². The lowest BCUT2D eigenvalue weighted by Crippen LogP contribution is -2.36. The van der Waals surface area contributed by atoms with E-state index in [1.165, 1.54) is 6.07 Å². The fourth-order valence-corrected chi connectivity index (χ4v) is 4.77. The van der Waals surface area contributed by atoms with Gasteiger partial charge in [-0.1, -0.05) is 76.6 Å². The van der Waals surface area contributed by atoms with Gasteiger partial charge in [0.25, 0.3) is 0 Å². The predicted molar refractivity (Wildman–Crippen MR) is 122 cm³/mol. The number of halogens is 2. The molecule has 4 aromatic carbocycles. The maximum Gasteiger partial charge on any atom is 0.228 e. The molecule has 1 heterocycles. The van der Waals surface area contributed by atoms with Gasteiger partial charge >= 0.3 is 0 Å². The minimum Gasteiger partial charge on any atom is -0.308 e. The van der Waals surface area contributed by atoms with Crippen molar-refractivity contribution in [2.45, 2.75) is 18.9 Å². The lowest BCUT2D eigenvalue weighted by atomic mass is 9.81. The van der Waals surface area contributed by atoms with E-state index in [9.17, 15) is 9.18 Å². The van der Waals surface area contributed by atoms with Crippen molar-refractivity contribution in [3.8, 4) is 0 Å². The number of anilines is 1. The number of carbonyl (C=O) groups excluding carboxylic acids is 1. The predicted octanol–water partition coefficient (Wildman–Crippen LogP) is 6.81. The average Bonchev–Trinajstić information content (AvgIpc) is 2.77. The van der Waals surface area contributed by atoms with E-state index in [4.69, 9.17) is 0 Å². The van der Waals surface area contributed by atoms with E-state index in [0.29, 0.717) is 12.1 Å². The largest absolute Gasteiger partial charge is 0.308 e. The first-order valence-corrected chi connectivity index (χ1v) is 10.7. The van der Waals surface area contributed by atoms with Gasteiger partial charge in [0.05, 0.1) is 6.54 Å². The highest BCUT2D eigenvalue weighted by Crippen LogP contribution is 2.45. The van der Waals surface area contributed by atoms with Gasteiger partial charge in [-0.05, 0) is 51.7 Å². The molecule has 4 heteroatoms. The highest BCUT2D eigenvalue weighted by atomic mass is 79.9. The van der Waals surface area contributed by atoms with Gasteiger partial charge in [-0.15, -0.1) is 0 Å². The molecule has 0 N–H and O–H groups in total. The quantitative estimate of drug-likeness (QED) is 0.329. The molecule has 0 saturated heterocycles. The molecule has 30 heavy (non-hydrogen) atoms.